The Bertz CT molecular complexity index is 556. The molecule has 0 heterocycles. The summed E-state index contributed by atoms with van der Waals surface area (Å²) in [6.45, 7) is 4.32. The first-order chi connectivity index (χ1) is 12.1. The van der Waals surface area contributed by atoms with E-state index in [9.17, 15) is 4.79 Å². The van der Waals surface area contributed by atoms with Crippen molar-refractivity contribution in [1.82, 2.24) is 15.5 Å². The largest absolute Gasteiger partial charge is 0.494 e. The van der Waals surface area contributed by atoms with Crippen LogP contribution in [0.2, 0.25) is 0 Å². The summed E-state index contributed by atoms with van der Waals surface area (Å²) < 4.78 is 5.53. The average molecular weight is 494 g/mol. The molecule has 0 saturated carbocycles. The number of amides is 1. The van der Waals surface area contributed by atoms with E-state index in [1.165, 1.54) is 5.56 Å². The van der Waals surface area contributed by atoms with Crippen LogP contribution >= 0.6 is 35.7 Å². The third-order valence-corrected chi connectivity index (χ3v) is 4.00. The number of nitrogens with zero attached hydrogens (tertiary/aromatic N) is 2. The van der Waals surface area contributed by atoms with E-state index < -0.39 is 0 Å². The zero-order chi connectivity index (χ0) is 18.5. The number of hydrogen-bond donors (Lipinski definition) is 2. The topological polar surface area (TPSA) is 66.0 Å². The molecule has 1 rings (SSSR count). The van der Waals surface area contributed by atoms with E-state index in [-0.39, 0.29) is 36.4 Å². The van der Waals surface area contributed by atoms with E-state index >= 15 is 0 Å². The fourth-order valence-electron chi connectivity index (χ4n) is 2.02. The molecular formula is C18H31IN4O2S. The summed E-state index contributed by atoms with van der Waals surface area (Å²) in [7, 11) is 3.47. The molecule has 0 spiro atoms. The molecule has 1 aromatic rings. The molecule has 0 fully saturated rings. The summed E-state index contributed by atoms with van der Waals surface area (Å²) in [5, 5.41) is 6.55. The molecule has 0 aromatic heterocycles. The highest BCUT2D eigenvalue weighted by atomic mass is 127. The number of halogens is 1. The van der Waals surface area contributed by atoms with Gasteiger partial charge < -0.3 is 20.3 Å². The molecule has 0 atom stereocenters. The van der Waals surface area contributed by atoms with Gasteiger partial charge in [-0.25, -0.2) is 4.99 Å². The van der Waals surface area contributed by atoms with Gasteiger partial charge in [0, 0.05) is 32.9 Å². The molecule has 26 heavy (non-hydrogen) atoms. The minimum Gasteiger partial charge on any atom is -0.494 e. The molecule has 148 valence electrons. The van der Waals surface area contributed by atoms with E-state index in [1.54, 1.807) is 30.8 Å². The Hall–Kier alpha value is -1.16. The Morgan fingerprint density at radius 3 is 2.65 bits per heavy atom. The van der Waals surface area contributed by atoms with Crippen LogP contribution in [0.3, 0.4) is 0 Å². The first-order valence-electron chi connectivity index (χ1n) is 8.49. The maximum absolute atomic E-state index is 11.7. The highest BCUT2D eigenvalue weighted by Gasteiger charge is 2.04. The van der Waals surface area contributed by atoms with Crippen molar-refractivity contribution in [3.63, 3.8) is 0 Å². The highest BCUT2D eigenvalue weighted by Crippen LogP contribution is 2.13. The smallest absolute Gasteiger partial charge is 0.243 e. The van der Waals surface area contributed by atoms with Crippen molar-refractivity contribution in [2.45, 2.75) is 13.3 Å². The maximum atomic E-state index is 11.7. The fraction of sp³-hybridized carbons (Fsp3) is 0.556. The lowest BCUT2D eigenvalue weighted by molar-refractivity contribution is -0.127. The van der Waals surface area contributed by atoms with Gasteiger partial charge in [0.05, 0.1) is 6.61 Å². The Kier molecular flexibility index (Phi) is 14.3. The van der Waals surface area contributed by atoms with Crippen molar-refractivity contribution in [3.05, 3.63) is 29.8 Å². The van der Waals surface area contributed by atoms with Gasteiger partial charge in [0.25, 0.3) is 0 Å². The first kappa shape index (κ1) is 24.8. The van der Waals surface area contributed by atoms with Gasteiger partial charge in [-0.3, -0.25) is 4.79 Å². The molecule has 1 aromatic carbocycles. The molecule has 0 aliphatic carbocycles. The Balaban J connectivity index is 0.00000625. The van der Waals surface area contributed by atoms with Gasteiger partial charge in [0.2, 0.25) is 5.91 Å². The van der Waals surface area contributed by atoms with Crippen LogP contribution < -0.4 is 15.4 Å². The number of rotatable bonds is 10. The van der Waals surface area contributed by atoms with Crippen LogP contribution in [0.1, 0.15) is 12.5 Å². The second-order valence-corrected chi connectivity index (χ2v) is 6.62. The molecular weight excluding hydrogens is 463 g/mol. The predicted octanol–water partition coefficient (Wildman–Crippen LogP) is 2.23. The molecule has 0 aliphatic rings. The number of benzene rings is 1. The Morgan fingerprint density at radius 2 is 2.00 bits per heavy atom. The van der Waals surface area contributed by atoms with Crippen molar-refractivity contribution < 1.29 is 9.53 Å². The summed E-state index contributed by atoms with van der Waals surface area (Å²) in [5.74, 6) is 2.53. The summed E-state index contributed by atoms with van der Waals surface area (Å²) in [6.07, 6.45) is 2.92. The lowest BCUT2D eigenvalue weighted by Crippen LogP contribution is -2.40. The molecule has 0 unspecified atom stereocenters. The number of likely N-dealkylation sites (N-methyl/N-ethyl adjacent to an activating group) is 1. The lowest BCUT2D eigenvalue weighted by atomic mass is 10.1. The minimum atomic E-state index is -0.0182. The van der Waals surface area contributed by atoms with Crippen LogP contribution in [-0.2, 0) is 11.2 Å². The van der Waals surface area contributed by atoms with Crippen molar-refractivity contribution >= 4 is 47.6 Å². The molecule has 1 amide bonds. The van der Waals surface area contributed by atoms with Crippen LogP contribution in [-0.4, -0.2) is 69.1 Å². The van der Waals surface area contributed by atoms with Crippen molar-refractivity contribution in [1.29, 1.82) is 0 Å². The second kappa shape index (κ2) is 15.0. The van der Waals surface area contributed by atoms with Gasteiger partial charge in [0.15, 0.2) is 5.96 Å². The number of hydrogen-bond acceptors (Lipinski definition) is 4. The Morgan fingerprint density at radius 1 is 1.27 bits per heavy atom. The van der Waals surface area contributed by atoms with Crippen LogP contribution in [0.15, 0.2) is 29.3 Å². The average Bonchev–Trinajstić information content (AvgIpc) is 2.59. The summed E-state index contributed by atoms with van der Waals surface area (Å²) >= 11 is 1.77. The summed E-state index contributed by atoms with van der Waals surface area (Å²) in [5.41, 5.74) is 1.20. The van der Waals surface area contributed by atoms with Crippen LogP contribution in [0, 0.1) is 0 Å². The molecule has 2 N–H and O–H groups in total. The number of thioether (sulfide) groups is 1. The van der Waals surface area contributed by atoms with Gasteiger partial charge in [-0.1, -0.05) is 12.1 Å². The zero-order valence-electron chi connectivity index (χ0n) is 16.1. The first-order valence-corrected chi connectivity index (χ1v) is 9.89. The summed E-state index contributed by atoms with van der Waals surface area (Å²) in [4.78, 5) is 17.6. The van der Waals surface area contributed by atoms with Crippen molar-refractivity contribution in [2.75, 3.05) is 52.3 Å². The zero-order valence-corrected chi connectivity index (χ0v) is 19.2. The van der Waals surface area contributed by atoms with E-state index in [0.717, 1.165) is 31.0 Å². The second-order valence-electron chi connectivity index (χ2n) is 5.63. The number of guanidine groups is 1. The predicted molar refractivity (Wildman–Crippen MR) is 122 cm³/mol. The van der Waals surface area contributed by atoms with Gasteiger partial charge >= 0.3 is 0 Å². The fourth-order valence-corrected chi connectivity index (χ4v) is 2.32. The molecule has 8 heteroatoms. The molecule has 0 radical (unpaired) electrons. The van der Waals surface area contributed by atoms with E-state index in [0.29, 0.717) is 12.6 Å². The highest BCUT2D eigenvalue weighted by molar-refractivity contribution is 14.0. The van der Waals surface area contributed by atoms with Gasteiger partial charge in [-0.05, 0) is 37.3 Å². The molecule has 0 aliphatic heterocycles. The number of carbonyl (C=O) groups is 1. The lowest BCUT2D eigenvalue weighted by Gasteiger charge is -2.14. The normalized spacial score (nSPS) is 10.7. The molecule has 6 nitrogen and oxygen atoms in total. The van der Waals surface area contributed by atoms with Crippen molar-refractivity contribution in [2.24, 2.45) is 4.99 Å². The third kappa shape index (κ3) is 10.7. The van der Waals surface area contributed by atoms with Crippen LogP contribution in [0.5, 0.6) is 5.75 Å². The maximum Gasteiger partial charge on any atom is 0.243 e. The van der Waals surface area contributed by atoms with Crippen molar-refractivity contribution in [3.8, 4) is 5.75 Å². The number of ether oxygens (including phenoxy) is 1. The van der Waals surface area contributed by atoms with Crippen LogP contribution in [0.4, 0.5) is 0 Å². The van der Waals surface area contributed by atoms with E-state index in [4.69, 9.17) is 4.74 Å². The SMILES string of the molecule is CCOc1cccc(CCNC(=NCC(=O)N(C)C)NCCSC)c1.I. The number of nitrogens with one attached hydrogen (secondary N) is 2. The molecule has 0 saturated heterocycles. The quantitative estimate of drug-likeness (QED) is 0.226. The van der Waals surface area contributed by atoms with Crippen LogP contribution in [0.25, 0.3) is 0 Å². The number of aliphatic imine (C=N–C) groups is 1. The third-order valence-electron chi connectivity index (χ3n) is 3.39. The van der Waals surface area contributed by atoms with Gasteiger partial charge in [-0.2, -0.15) is 11.8 Å². The minimum absolute atomic E-state index is 0. The Labute approximate surface area is 178 Å². The van der Waals surface area contributed by atoms with Gasteiger partial charge in [0.1, 0.15) is 12.3 Å². The number of carbonyl (C=O) groups excluding carboxylic acids is 1. The monoisotopic (exact) mass is 494 g/mol. The standard InChI is InChI=1S/C18H30N4O2S.HI/c1-5-24-16-8-6-7-15(13-16)9-10-19-18(20-11-12-25-4)21-14-17(23)22(2)3;/h6-8,13H,5,9-12,14H2,1-4H3,(H2,19,20,21);1H. The van der Waals surface area contributed by atoms with Gasteiger partial charge in [-0.15, -0.1) is 24.0 Å². The summed E-state index contributed by atoms with van der Waals surface area (Å²) in [6, 6.07) is 8.10. The van der Waals surface area contributed by atoms with E-state index in [2.05, 4.69) is 34.0 Å². The molecule has 0 bridgehead atoms. The van der Waals surface area contributed by atoms with E-state index in [1.807, 2.05) is 19.1 Å².